The minimum atomic E-state index is -0.259. The molecule has 0 aliphatic carbocycles. The molecule has 102 valence electrons. The number of nitrogens with zero attached hydrogens (tertiary/aromatic N) is 4. The highest BCUT2D eigenvalue weighted by Crippen LogP contribution is 2.11. The van der Waals surface area contributed by atoms with Gasteiger partial charge < -0.3 is 9.88 Å². The van der Waals surface area contributed by atoms with Gasteiger partial charge in [-0.1, -0.05) is 0 Å². The minimum absolute atomic E-state index is 0.112. The van der Waals surface area contributed by atoms with Gasteiger partial charge in [-0.05, 0) is 20.8 Å². The molecule has 0 saturated carbocycles. The fourth-order valence-electron chi connectivity index (χ4n) is 1.81. The van der Waals surface area contributed by atoms with Crippen LogP contribution in [0.5, 0.6) is 0 Å². The average molecular weight is 261 g/mol. The van der Waals surface area contributed by atoms with Gasteiger partial charge in [0.15, 0.2) is 5.82 Å². The molecule has 0 aliphatic heterocycles. The van der Waals surface area contributed by atoms with Crippen molar-refractivity contribution >= 4 is 5.82 Å². The molecule has 0 unspecified atom stereocenters. The smallest absolute Gasteiger partial charge is 0.293 e. The third-order valence-electron chi connectivity index (χ3n) is 2.78. The van der Waals surface area contributed by atoms with E-state index in [0.29, 0.717) is 12.4 Å². The van der Waals surface area contributed by atoms with Crippen LogP contribution in [-0.2, 0) is 19.1 Å². The normalized spacial score (nSPS) is 11.6. The second-order valence-corrected chi connectivity index (χ2v) is 5.50. The van der Waals surface area contributed by atoms with E-state index in [1.165, 1.54) is 0 Å². The first-order chi connectivity index (χ1) is 8.88. The van der Waals surface area contributed by atoms with Crippen molar-refractivity contribution in [3.05, 3.63) is 40.7 Å². The van der Waals surface area contributed by atoms with Crippen molar-refractivity contribution in [2.45, 2.75) is 32.9 Å². The molecule has 0 spiro atoms. The summed E-state index contributed by atoms with van der Waals surface area (Å²) in [4.78, 5) is 16.4. The van der Waals surface area contributed by atoms with E-state index < -0.39 is 0 Å². The van der Waals surface area contributed by atoms with Crippen molar-refractivity contribution in [1.29, 1.82) is 0 Å². The Morgan fingerprint density at radius 2 is 2.11 bits per heavy atom. The van der Waals surface area contributed by atoms with Crippen LogP contribution >= 0.6 is 0 Å². The highest BCUT2D eigenvalue weighted by atomic mass is 16.1. The van der Waals surface area contributed by atoms with E-state index in [1.54, 1.807) is 27.8 Å². The van der Waals surface area contributed by atoms with Gasteiger partial charge in [0.1, 0.15) is 0 Å². The van der Waals surface area contributed by atoms with E-state index in [-0.39, 0.29) is 11.1 Å². The summed E-state index contributed by atoms with van der Waals surface area (Å²) in [6.07, 6.45) is 7.01. The summed E-state index contributed by atoms with van der Waals surface area (Å²) in [5, 5.41) is 7.14. The molecule has 6 heteroatoms. The molecular formula is C13H19N5O. The Kier molecular flexibility index (Phi) is 3.42. The second-order valence-electron chi connectivity index (χ2n) is 5.50. The lowest BCUT2D eigenvalue weighted by Gasteiger charge is -2.22. The Morgan fingerprint density at radius 3 is 2.68 bits per heavy atom. The van der Waals surface area contributed by atoms with Gasteiger partial charge in [0.25, 0.3) is 5.56 Å². The molecule has 0 amide bonds. The lowest BCUT2D eigenvalue weighted by atomic mass is 10.1. The van der Waals surface area contributed by atoms with Crippen molar-refractivity contribution in [1.82, 2.24) is 19.3 Å². The molecule has 0 saturated heterocycles. The summed E-state index contributed by atoms with van der Waals surface area (Å²) in [6.45, 7) is 6.49. The Balaban J connectivity index is 2.20. The minimum Gasteiger partial charge on any atom is -0.361 e. The number of hydrogen-bond acceptors (Lipinski definition) is 4. The van der Waals surface area contributed by atoms with Crippen LogP contribution in [0, 0.1) is 0 Å². The van der Waals surface area contributed by atoms with E-state index in [0.717, 1.165) is 5.56 Å². The monoisotopic (exact) mass is 261 g/mol. The molecule has 2 rings (SSSR count). The fourth-order valence-corrected chi connectivity index (χ4v) is 1.81. The van der Waals surface area contributed by atoms with Crippen LogP contribution in [0.4, 0.5) is 5.82 Å². The third-order valence-corrected chi connectivity index (χ3v) is 2.78. The molecule has 2 aromatic rings. The summed E-state index contributed by atoms with van der Waals surface area (Å²) in [5.41, 5.74) is 0.638. The van der Waals surface area contributed by atoms with E-state index in [1.807, 2.05) is 34.0 Å². The Labute approximate surface area is 112 Å². The van der Waals surface area contributed by atoms with Gasteiger partial charge in [0.2, 0.25) is 0 Å². The molecule has 0 bridgehead atoms. The third kappa shape index (κ3) is 3.01. The molecule has 0 radical (unpaired) electrons. The Hall–Kier alpha value is -2.11. The summed E-state index contributed by atoms with van der Waals surface area (Å²) >= 11 is 0. The van der Waals surface area contributed by atoms with Crippen molar-refractivity contribution in [2.75, 3.05) is 5.32 Å². The highest BCUT2D eigenvalue weighted by Gasteiger charge is 2.16. The quantitative estimate of drug-likeness (QED) is 0.905. The van der Waals surface area contributed by atoms with E-state index >= 15 is 0 Å². The van der Waals surface area contributed by atoms with Crippen LogP contribution in [0.1, 0.15) is 26.3 Å². The van der Waals surface area contributed by atoms with Gasteiger partial charge in [0, 0.05) is 43.3 Å². The van der Waals surface area contributed by atoms with Gasteiger partial charge in [-0.3, -0.25) is 9.48 Å². The number of hydrogen-bond donors (Lipinski definition) is 1. The van der Waals surface area contributed by atoms with Crippen molar-refractivity contribution in [3.8, 4) is 0 Å². The molecule has 6 nitrogen and oxygen atoms in total. The zero-order valence-electron chi connectivity index (χ0n) is 11.7. The second kappa shape index (κ2) is 4.87. The van der Waals surface area contributed by atoms with Gasteiger partial charge in [-0.15, -0.1) is 0 Å². The topological polar surface area (TPSA) is 64.7 Å². The maximum absolute atomic E-state index is 12.3. The predicted molar refractivity (Wildman–Crippen MR) is 74.0 cm³/mol. The van der Waals surface area contributed by atoms with Crippen LogP contribution in [0.25, 0.3) is 0 Å². The summed E-state index contributed by atoms with van der Waals surface area (Å²) < 4.78 is 3.40. The van der Waals surface area contributed by atoms with Gasteiger partial charge in [-0.25, -0.2) is 4.98 Å². The highest BCUT2D eigenvalue weighted by molar-refractivity contribution is 5.32. The largest absolute Gasteiger partial charge is 0.361 e. The van der Waals surface area contributed by atoms with Crippen LogP contribution in [0.15, 0.2) is 29.6 Å². The Morgan fingerprint density at radius 1 is 1.37 bits per heavy atom. The molecule has 0 aromatic carbocycles. The van der Waals surface area contributed by atoms with Crippen molar-refractivity contribution < 1.29 is 0 Å². The number of nitrogens with one attached hydrogen (secondary N) is 1. The number of aromatic nitrogens is 4. The zero-order chi connectivity index (χ0) is 14.0. The maximum atomic E-state index is 12.3. The van der Waals surface area contributed by atoms with Crippen LogP contribution < -0.4 is 10.9 Å². The molecular weight excluding hydrogens is 242 g/mol. The first-order valence-corrected chi connectivity index (χ1v) is 6.17. The molecule has 0 atom stereocenters. The van der Waals surface area contributed by atoms with E-state index in [4.69, 9.17) is 0 Å². The van der Waals surface area contributed by atoms with Gasteiger partial charge in [-0.2, -0.15) is 5.10 Å². The van der Waals surface area contributed by atoms with Gasteiger partial charge in [0.05, 0.1) is 6.20 Å². The number of aryl methyl sites for hydroxylation is 1. The molecule has 0 fully saturated rings. The fraction of sp³-hybridized carbons (Fsp3) is 0.462. The van der Waals surface area contributed by atoms with Crippen LogP contribution in [-0.4, -0.2) is 19.3 Å². The lowest BCUT2D eigenvalue weighted by Crippen LogP contribution is -2.35. The average Bonchev–Trinajstić information content (AvgIpc) is 2.72. The maximum Gasteiger partial charge on any atom is 0.293 e. The number of anilines is 1. The van der Waals surface area contributed by atoms with E-state index in [9.17, 15) is 4.79 Å². The molecule has 2 aromatic heterocycles. The van der Waals surface area contributed by atoms with E-state index in [2.05, 4.69) is 15.4 Å². The first kappa shape index (κ1) is 13.3. The lowest BCUT2D eigenvalue weighted by molar-refractivity contribution is 0.383. The molecule has 2 heterocycles. The molecule has 1 N–H and O–H groups in total. The van der Waals surface area contributed by atoms with Crippen molar-refractivity contribution in [2.24, 2.45) is 7.05 Å². The molecule has 19 heavy (non-hydrogen) atoms. The summed E-state index contributed by atoms with van der Waals surface area (Å²) in [6, 6.07) is 0. The standard InChI is InChI=1S/C13H19N5O/c1-13(2,3)18-6-5-14-11(12(18)19)15-7-10-8-16-17(4)9-10/h5-6,8-9H,7H2,1-4H3,(H,14,15). The summed E-state index contributed by atoms with van der Waals surface area (Å²) in [5.74, 6) is 0.362. The molecule has 0 aliphatic rings. The summed E-state index contributed by atoms with van der Waals surface area (Å²) in [7, 11) is 1.86. The first-order valence-electron chi connectivity index (χ1n) is 6.17. The zero-order valence-corrected chi connectivity index (χ0v) is 11.7. The predicted octanol–water partition coefficient (Wildman–Crippen LogP) is 1.34. The van der Waals surface area contributed by atoms with Crippen molar-refractivity contribution in [3.63, 3.8) is 0 Å². The van der Waals surface area contributed by atoms with Gasteiger partial charge >= 0.3 is 0 Å². The SMILES string of the molecule is Cn1cc(CNc2nccn(C(C)(C)C)c2=O)cn1. The Bertz CT molecular complexity index is 620. The van der Waals surface area contributed by atoms with Crippen LogP contribution in [0.3, 0.4) is 0 Å². The van der Waals surface area contributed by atoms with Crippen LogP contribution in [0.2, 0.25) is 0 Å². The number of rotatable bonds is 3.